The van der Waals surface area contributed by atoms with Crippen molar-refractivity contribution in [1.82, 2.24) is 14.9 Å². The Balaban J connectivity index is 1.51. The van der Waals surface area contributed by atoms with Crippen LogP contribution in [0.2, 0.25) is 0 Å². The number of hydrogen-bond donors (Lipinski definition) is 1. The van der Waals surface area contributed by atoms with Crippen molar-refractivity contribution in [2.45, 2.75) is 6.54 Å². The number of nitrogens with zero attached hydrogens (tertiary/aromatic N) is 3. The average Bonchev–Trinajstić information content (AvgIpc) is 3.47. The Labute approximate surface area is 171 Å². The first-order chi connectivity index (χ1) is 14.3. The molecule has 0 spiro atoms. The second kappa shape index (κ2) is 7.44. The Morgan fingerprint density at radius 1 is 1.14 bits per heavy atom. The molecule has 5 rings (SSSR count). The molecule has 29 heavy (non-hydrogen) atoms. The summed E-state index contributed by atoms with van der Waals surface area (Å²) in [4.78, 5) is 27.5. The van der Waals surface area contributed by atoms with Gasteiger partial charge in [0, 0.05) is 0 Å². The maximum absolute atomic E-state index is 13.1. The smallest absolute Gasteiger partial charge is 0.267 e. The summed E-state index contributed by atoms with van der Waals surface area (Å²) >= 11 is 1.36. The van der Waals surface area contributed by atoms with Crippen LogP contribution in [0.3, 0.4) is 0 Å². The Morgan fingerprint density at radius 3 is 2.86 bits per heavy atom. The van der Waals surface area contributed by atoms with Crippen molar-refractivity contribution in [1.29, 1.82) is 0 Å². The number of amides is 1. The van der Waals surface area contributed by atoms with E-state index in [0.29, 0.717) is 22.4 Å². The number of para-hydroxylation sites is 1. The molecule has 2 aromatic carbocycles. The van der Waals surface area contributed by atoms with Gasteiger partial charge in [-0.2, -0.15) is 0 Å². The minimum absolute atomic E-state index is 0.0943. The molecule has 3 heterocycles. The van der Waals surface area contributed by atoms with Gasteiger partial charge in [-0.1, -0.05) is 24.3 Å². The number of carbonyl (C=O) groups excluding carboxylic acids is 1. The number of rotatable bonds is 4. The first-order valence-electron chi connectivity index (χ1n) is 9.07. The molecule has 0 unspecified atom stereocenters. The molecule has 1 aliphatic heterocycles. The van der Waals surface area contributed by atoms with Crippen molar-refractivity contribution in [3.8, 4) is 0 Å². The second-order valence-electron chi connectivity index (χ2n) is 6.49. The zero-order valence-corrected chi connectivity index (χ0v) is 16.1. The lowest BCUT2D eigenvalue weighted by atomic mass is 10.2. The van der Waals surface area contributed by atoms with Gasteiger partial charge in [0.05, 0.1) is 40.8 Å². The van der Waals surface area contributed by atoms with Gasteiger partial charge in [0.1, 0.15) is 5.76 Å². The third-order valence-electron chi connectivity index (χ3n) is 4.51. The molecular formula is C22H16N4O2S. The summed E-state index contributed by atoms with van der Waals surface area (Å²) in [5.74, 6) is 0.613. The Bertz CT molecular complexity index is 1230. The fourth-order valence-corrected chi connectivity index (χ4v) is 4.09. The molecule has 0 radical (unpaired) electrons. The van der Waals surface area contributed by atoms with Crippen LogP contribution in [0.1, 0.15) is 11.3 Å². The lowest BCUT2D eigenvalue weighted by Gasteiger charge is -2.13. The number of furan rings is 1. The molecule has 1 fully saturated rings. The predicted octanol–water partition coefficient (Wildman–Crippen LogP) is 4.96. The number of thioether (sulfide) groups is 1. The largest absolute Gasteiger partial charge is 0.467 e. The number of amidine groups is 1. The number of aromatic amines is 1. The highest BCUT2D eigenvalue weighted by molar-refractivity contribution is 8.18. The summed E-state index contributed by atoms with van der Waals surface area (Å²) in [6.07, 6.45) is 5.14. The van der Waals surface area contributed by atoms with Crippen LogP contribution in [0.25, 0.3) is 17.1 Å². The van der Waals surface area contributed by atoms with Crippen molar-refractivity contribution < 1.29 is 9.21 Å². The van der Waals surface area contributed by atoms with E-state index in [9.17, 15) is 4.79 Å². The molecule has 0 saturated carbocycles. The summed E-state index contributed by atoms with van der Waals surface area (Å²) in [6.45, 7) is 0.334. The van der Waals surface area contributed by atoms with Gasteiger partial charge in [0.2, 0.25) is 0 Å². The van der Waals surface area contributed by atoms with Crippen LogP contribution in [-0.4, -0.2) is 25.9 Å². The highest BCUT2D eigenvalue weighted by atomic mass is 32.2. The van der Waals surface area contributed by atoms with Gasteiger partial charge >= 0.3 is 0 Å². The molecule has 142 valence electrons. The lowest BCUT2D eigenvalue weighted by Crippen LogP contribution is -2.28. The summed E-state index contributed by atoms with van der Waals surface area (Å²) < 4.78 is 5.45. The predicted molar refractivity (Wildman–Crippen MR) is 114 cm³/mol. The number of benzene rings is 2. The minimum atomic E-state index is -0.0943. The van der Waals surface area contributed by atoms with E-state index in [0.717, 1.165) is 22.3 Å². The fraction of sp³-hybridized carbons (Fsp3) is 0.0455. The first kappa shape index (κ1) is 17.5. The SMILES string of the molecule is O=C1C(=Cc2ccc3[nH]cnc3c2)SC(=Nc2ccccc2)N1Cc1ccco1. The third-order valence-corrected chi connectivity index (χ3v) is 5.51. The molecular weight excluding hydrogens is 384 g/mol. The van der Waals surface area contributed by atoms with Crippen LogP contribution in [-0.2, 0) is 11.3 Å². The van der Waals surface area contributed by atoms with Crippen molar-refractivity contribution >= 4 is 45.6 Å². The molecule has 1 saturated heterocycles. The number of aromatic nitrogens is 2. The number of imidazole rings is 1. The monoisotopic (exact) mass is 400 g/mol. The number of fused-ring (bicyclic) bond motifs is 1. The molecule has 4 aromatic rings. The van der Waals surface area contributed by atoms with E-state index in [1.54, 1.807) is 17.5 Å². The third kappa shape index (κ3) is 3.60. The van der Waals surface area contributed by atoms with Crippen LogP contribution < -0.4 is 0 Å². The van der Waals surface area contributed by atoms with Crippen LogP contribution in [0, 0.1) is 0 Å². The Morgan fingerprint density at radius 2 is 2.03 bits per heavy atom. The van der Waals surface area contributed by atoms with Crippen LogP contribution in [0.15, 0.2) is 87.6 Å². The maximum atomic E-state index is 13.1. The number of carbonyl (C=O) groups is 1. The molecule has 0 bridgehead atoms. The molecule has 2 aromatic heterocycles. The van der Waals surface area contributed by atoms with E-state index in [4.69, 9.17) is 4.42 Å². The van der Waals surface area contributed by atoms with E-state index < -0.39 is 0 Å². The molecule has 0 aliphatic carbocycles. The van der Waals surface area contributed by atoms with Crippen LogP contribution in [0.4, 0.5) is 5.69 Å². The van der Waals surface area contributed by atoms with Gasteiger partial charge in [-0.3, -0.25) is 9.69 Å². The molecule has 1 aliphatic rings. The topological polar surface area (TPSA) is 74.5 Å². The average molecular weight is 400 g/mol. The van der Waals surface area contributed by atoms with E-state index in [-0.39, 0.29) is 5.91 Å². The number of nitrogens with one attached hydrogen (secondary N) is 1. The van der Waals surface area contributed by atoms with Gasteiger partial charge in [-0.25, -0.2) is 9.98 Å². The van der Waals surface area contributed by atoms with Crippen LogP contribution >= 0.6 is 11.8 Å². The zero-order chi connectivity index (χ0) is 19.6. The Kier molecular flexibility index (Phi) is 4.50. The maximum Gasteiger partial charge on any atom is 0.267 e. The van der Waals surface area contributed by atoms with Crippen molar-refractivity contribution in [2.24, 2.45) is 4.99 Å². The lowest BCUT2D eigenvalue weighted by molar-refractivity contribution is -0.122. The molecule has 1 N–H and O–H groups in total. The summed E-state index contributed by atoms with van der Waals surface area (Å²) in [5.41, 5.74) is 3.54. The van der Waals surface area contributed by atoms with Gasteiger partial charge < -0.3 is 9.40 Å². The summed E-state index contributed by atoms with van der Waals surface area (Å²) in [7, 11) is 0. The quantitative estimate of drug-likeness (QED) is 0.491. The molecule has 7 heteroatoms. The highest BCUT2D eigenvalue weighted by Gasteiger charge is 2.34. The Hall–Kier alpha value is -3.58. The summed E-state index contributed by atoms with van der Waals surface area (Å²) in [6, 6.07) is 19.2. The molecule has 6 nitrogen and oxygen atoms in total. The van der Waals surface area contributed by atoms with Crippen molar-refractivity contribution in [2.75, 3.05) is 0 Å². The highest BCUT2D eigenvalue weighted by Crippen LogP contribution is 2.35. The van der Waals surface area contributed by atoms with Gasteiger partial charge in [-0.05, 0) is 59.8 Å². The van der Waals surface area contributed by atoms with E-state index >= 15 is 0 Å². The normalized spacial score (nSPS) is 17.1. The van der Waals surface area contributed by atoms with E-state index in [1.807, 2.05) is 66.7 Å². The molecule has 1 amide bonds. The van der Waals surface area contributed by atoms with E-state index in [1.165, 1.54) is 11.8 Å². The fourth-order valence-electron chi connectivity index (χ4n) is 3.09. The second-order valence-corrected chi connectivity index (χ2v) is 7.50. The number of hydrogen-bond acceptors (Lipinski definition) is 5. The number of H-pyrrole nitrogens is 1. The van der Waals surface area contributed by atoms with Crippen molar-refractivity contribution in [3.05, 3.63) is 89.5 Å². The molecule has 0 atom stereocenters. The minimum Gasteiger partial charge on any atom is -0.467 e. The van der Waals surface area contributed by atoms with Crippen LogP contribution in [0.5, 0.6) is 0 Å². The summed E-state index contributed by atoms with van der Waals surface area (Å²) in [5, 5.41) is 0.629. The standard InChI is InChI=1S/C22H16N4O2S/c27-21-20(12-15-8-9-18-19(11-15)24-14-23-18)29-22(25-16-5-2-1-3-6-16)26(21)13-17-7-4-10-28-17/h1-12,14H,13H2,(H,23,24). The first-order valence-corrected chi connectivity index (χ1v) is 9.88. The van der Waals surface area contributed by atoms with Gasteiger partial charge in [0.25, 0.3) is 5.91 Å². The van der Waals surface area contributed by atoms with E-state index in [2.05, 4.69) is 15.0 Å². The van der Waals surface area contributed by atoms with Gasteiger partial charge in [-0.15, -0.1) is 0 Å². The zero-order valence-electron chi connectivity index (χ0n) is 15.3. The van der Waals surface area contributed by atoms with Gasteiger partial charge in [0.15, 0.2) is 5.17 Å². The number of aliphatic imine (C=N–C) groups is 1. The van der Waals surface area contributed by atoms with Crippen molar-refractivity contribution in [3.63, 3.8) is 0 Å².